The van der Waals surface area contributed by atoms with Gasteiger partial charge in [-0.3, -0.25) is 9.59 Å². The third-order valence-corrected chi connectivity index (χ3v) is 3.25. The van der Waals surface area contributed by atoms with Crippen LogP contribution < -0.4 is 0 Å². The molecule has 0 heterocycles. The molecule has 0 spiro atoms. The van der Waals surface area contributed by atoms with Crippen LogP contribution in [-0.4, -0.2) is 48.2 Å². The number of aliphatic carboxylic acids is 1. The van der Waals surface area contributed by atoms with Gasteiger partial charge >= 0.3 is 5.97 Å². The molecule has 0 aliphatic heterocycles. The lowest BCUT2D eigenvalue weighted by Gasteiger charge is -2.30. The summed E-state index contributed by atoms with van der Waals surface area (Å²) in [5.41, 5.74) is 0. The highest BCUT2D eigenvalue weighted by Gasteiger charge is 2.29. The smallest absolute Gasteiger partial charge is 0.308 e. The average Bonchev–Trinajstić information content (AvgIpc) is 2.78. The van der Waals surface area contributed by atoms with E-state index in [1.165, 1.54) is 7.11 Å². The van der Waals surface area contributed by atoms with E-state index in [2.05, 4.69) is 0 Å². The zero-order valence-corrected chi connectivity index (χ0v) is 10.5. The Labute approximate surface area is 102 Å². The van der Waals surface area contributed by atoms with Crippen LogP contribution in [0.3, 0.4) is 0 Å². The van der Waals surface area contributed by atoms with Gasteiger partial charge in [0, 0.05) is 19.7 Å². The van der Waals surface area contributed by atoms with Gasteiger partial charge in [0.2, 0.25) is 5.91 Å². The van der Waals surface area contributed by atoms with Gasteiger partial charge < -0.3 is 14.7 Å². The Balaban J connectivity index is 2.64. The van der Waals surface area contributed by atoms with E-state index in [4.69, 9.17) is 9.84 Å². The van der Waals surface area contributed by atoms with E-state index < -0.39 is 11.9 Å². The minimum atomic E-state index is -0.863. The van der Waals surface area contributed by atoms with Crippen LogP contribution in [0.2, 0.25) is 0 Å². The van der Waals surface area contributed by atoms with Gasteiger partial charge in [0.1, 0.15) is 6.61 Å². The van der Waals surface area contributed by atoms with Crippen molar-refractivity contribution in [2.75, 3.05) is 20.3 Å². The fraction of sp³-hybridized carbons (Fsp3) is 0.833. The minimum absolute atomic E-state index is 0.0306. The first-order valence-electron chi connectivity index (χ1n) is 6.07. The molecule has 5 nitrogen and oxygen atoms in total. The van der Waals surface area contributed by atoms with E-state index in [1.54, 1.807) is 11.8 Å². The fourth-order valence-corrected chi connectivity index (χ4v) is 2.25. The second-order valence-corrected chi connectivity index (χ2v) is 4.66. The van der Waals surface area contributed by atoms with Crippen LogP contribution in [0.25, 0.3) is 0 Å². The molecule has 1 saturated carbocycles. The first-order chi connectivity index (χ1) is 8.06. The van der Waals surface area contributed by atoms with E-state index in [9.17, 15) is 9.59 Å². The maximum Gasteiger partial charge on any atom is 0.308 e. The fourth-order valence-electron chi connectivity index (χ4n) is 2.25. The molecule has 98 valence electrons. The van der Waals surface area contributed by atoms with E-state index in [0.717, 1.165) is 25.7 Å². The molecule has 0 aromatic heterocycles. The molecule has 1 unspecified atom stereocenters. The molecule has 17 heavy (non-hydrogen) atoms. The summed E-state index contributed by atoms with van der Waals surface area (Å²) in [5, 5.41) is 8.92. The van der Waals surface area contributed by atoms with Gasteiger partial charge in [-0.05, 0) is 12.8 Å². The molecular formula is C12H21NO4. The standard InChI is InChI=1S/C12H21NO4/c1-9(12(15)16)7-13(11(14)8-17-2)10-5-3-4-6-10/h9-10H,3-8H2,1-2H3,(H,15,16). The quantitative estimate of drug-likeness (QED) is 0.759. The first-order valence-corrected chi connectivity index (χ1v) is 6.07. The molecule has 1 aliphatic rings. The number of carboxylic acid groups (broad SMARTS) is 1. The summed E-state index contributed by atoms with van der Waals surface area (Å²) < 4.78 is 4.85. The number of rotatable bonds is 6. The van der Waals surface area contributed by atoms with Crippen LogP contribution in [0.5, 0.6) is 0 Å². The highest BCUT2D eigenvalue weighted by Crippen LogP contribution is 2.24. The predicted molar refractivity (Wildman–Crippen MR) is 62.6 cm³/mol. The van der Waals surface area contributed by atoms with Crippen molar-refractivity contribution >= 4 is 11.9 Å². The summed E-state index contributed by atoms with van der Waals surface area (Å²) in [6, 6.07) is 0.194. The predicted octanol–water partition coefficient (Wildman–Crippen LogP) is 1.12. The molecule has 0 saturated heterocycles. The topological polar surface area (TPSA) is 66.8 Å². The summed E-state index contributed by atoms with van der Waals surface area (Å²) in [6.07, 6.45) is 4.18. The highest BCUT2D eigenvalue weighted by atomic mass is 16.5. The number of ether oxygens (including phenoxy) is 1. The number of methoxy groups -OCH3 is 1. The number of amides is 1. The van der Waals surface area contributed by atoms with Crippen LogP contribution in [0.15, 0.2) is 0 Å². The molecule has 1 N–H and O–H groups in total. The Morgan fingerprint density at radius 1 is 1.41 bits per heavy atom. The summed E-state index contributed by atoms with van der Waals surface area (Å²) in [4.78, 5) is 24.4. The molecule has 0 bridgehead atoms. The van der Waals surface area contributed by atoms with E-state index in [1.807, 2.05) is 0 Å². The summed E-state index contributed by atoms with van der Waals surface area (Å²) in [5.74, 6) is -1.50. The van der Waals surface area contributed by atoms with Crippen molar-refractivity contribution in [1.29, 1.82) is 0 Å². The van der Waals surface area contributed by atoms with Crippen molar-refractivity contribution in [3.05, 3.63) is 0 Å². The van der Waals surface area contributed by atoms with Crippen molar-refractivity contribution in [2.45, 2.75) is 38.6 Å². The molecule has 0 aromatic rings. The first kappa shape index (κ1) is 14.0. The molecule has 1 amide bonds. The van der Waals surface area contributed by atoms with E-state index >= 15 is 0 Å². The Kier molecular flexibility index (Phi) is 5.41. The molecule has 0 aromatic carbocycles. The van der Waals surface area contributed by atoms with Crippen LogP contribution in [0, 0.1) is 5.92 Å². The van der Waals surface area contributed by atoms with Crippen molar-refractivity contribution in [3.8, 4) is 0 Å². The van der Waals surface area contributed by atoms with Crippen molar-refractivity contribution in [3.63, 3.8) is 0 Å². The number of carbonyl (C=O) groups is 2. The van der Waals surface area contributed by atoms with Gasteiger partial charge in [0.15, 0.2) is 0 Å². The normalized spacial score (nSPS) is 18.0. The zero-order chi connectivity index (χ0) is 12.8. The Morgan fingerprint density at radius 2 is 2.00 bits per heavy atom. The van der Waals surface area contributed by atoms with Crippen molar-refractivity contribution < 1.29 is 19.4 Å². The average molecular weight is 243 g/mol. The van der Waals surface area contributed by atoms with Crippen LogP contribution >= 0.6 is 0 Å². The van der Waals surface area contributed by atoms with E-state index in [-0.39, 0.29) is 25.1 Å². The maximum atomic E-state index is 11.9. The number of carboxylic acids is 1. The van der Waals surface area contributed by atoms with Gasteiger partial charge in [-0.2, -0.15) is 0 Å². The van der Waals surface area contributed by atoms with Gasteiger partial charge in [0.05, 0.1) is 5.92 Å². The second kappa shape index (κ2) is 6.59. The van der Waals surface area contributed by atoms with Crippen LogP contribution in [0.4, 0.5) is 0 Å². The molecule has 1 fully saturated rings. The maximum absolute atomic E-state index is 11.9. The minimum Gasteiger partial charge on any atom is -0.481 e. The molecule has 1 aliphatic carbocycles. The largest absolute Gasteiger partial charge is 0.481 e. The Hall–Kier alpha value is -1.10. The molecule has 1 rings (SSSR count). The summed E-state index contributed by atoms with van der Waals surface area (Å²) in [7, 11) is 1.48. The highest BCUT2D eigenvalue weighted by molar-refractivity contribution is 5.79. The SMILES string of the molecule is COCC(=O)N(CC(C)C(=O)O)C1CCCC1. The molecule has 0 radical (unpaired) electrons. The molecular weight excluding hydrogens is 222 g/mol. The number of hydrogen-bond donors (Lipinski definition) is 1. The zero-order valence-electron chi connectivity index (χ0n) is 10.5. The lowest BCUT2D eigenvalue weighted by molar-refractivity contribution is -0.145. The molecule has 1 atom stereocenters. The Morgan fingerprint density at radius 3 is 2.47 bits per heavy atom. The third kappa shape index (κ3) is 4.00. The van der Waals surface area contributed by atoms with Gasteiger partial charge in [-0.25, -0.2) is 0 Å². The van der Waals surface area contributed by atoms with Gasteiger partial charge in [-0.15, -0.1) is 0 Å². The van der Waals surface area contributed by atoms with Crippen LogP contribution in [0.1, 0.15) is 32.6 Å². The molecule has 5 heteroatoms. The summed E-state index contributed by atoms with van der Waals surface area (Å²) >= 11 is 0. The lowest BCUT2D eigenvalue weighted by Crippen LogP contribution is -2.44. The number of hydrogen-bond acceptors (Lipinski definition) is 3. The Bertz CT molecular complexity index is 274. The van der Waals surface area contributed by atoms with Gasteiger partial charge in [-0.1, -0.05) is 19.8 Å². The van der Waals surface area contributed by atoms with E-state index in [0.29, 0.717) is 0 Å². The second-order valence-electron chi connectivity index (χ2n) is 4.66. The van der Waals surface area contributed by atoms with Crippen LogP contribution in [-0.2, 0) is 14.3 Å². The third-order valence-electron chi connectivity index (χ3n) is 3.25. The number of carbonyl (C=O) groups excluding carboxylic acids is 1. The summed E-state index contributed by atoms with van der Waals surface area (Å²) in [6.45, 7) is 1.94. The van der Waals surface area contributed by atoms with Gasteiger partial charge in [0.25, 0.3) is 0 Å². The van der Waals surface area contributed by atoms with Crippen molar-refractivity contribution in [2.24, 2.45) is 5.92 Å². The van der Waals surface area contributed by atoms with Crippen molar-refractivity contribution in [1.82, 2.24) is 4.90 Å². The lowest BCUT2D eigenvalue weighted by atomic mass is 10.1. The number of nitrogens with zero attached hydrogens (tertiary/aromatic N) is 1. The monoisotopic (exact) mass is 243 g/mol.